The van der Waals surface area contributed by atoms with E-state index in [0.717, 1.165) is 44.5 Å². The van der Waals surface area contributed by atoms with Gasteiger partial charge in [-0.05, 0) is 79.9 Å². The highest BCUT2D eigenvalue weighted by Crippen LogP contribution is 2.38. The van der Waals surface area contributed by atoms with Gasteiger partial charge in [-0.2, -0.15) is 0 Å². The van der Waals surface area contributed by atoms with Crippen molar-refractivity contribution >= 4 is 0 Å². The van der Waals surface area contributed by atoms with Gasteiger partial charge in [0.1, 0.15) is 0 Å². The van der Waals surface area contributed by atoms with Crippen molar-refractivity contribution in [3.05, 3.63) is 212 Å². The van der Waals surface area contributed by atoms with Crippen LogP contribution in [0.4, 0.5) is 0 Å². The lowest BCUT2D eigenvalue weighted by atomic mass is 9.90. The lowest BCUT2D eigenvalue weighted by Crippen LogP contribution is -2.00. The topological polar surface area (TPSA) is 38.7 Å². The van der Waals surface area contributed by atoms with Gasteiger partial charge in [0.25, 0.3) is 0 Å². The minimum Gasteiger partial charge on any atom is -0.208 e. The summed E-state index contributed by atoms with van der Waals surface area (Å²) >= 11 is 0. The Morgan fingerprint density at radius 1 is 0.185 bits per heavy atom. The molecule has 254 valence electrons. The molecule has 1 aromatic heterocycles. The quantitative estimate of drug-likeness (QED) is 0.159. The summed E-state index contributed by atoms with van der Waals surface area (Å²) in [6.07, 6.45) is 0. The number of rotatable bonds is 8. The van der Waals surface area contributed by atoms with Crippen molar-refractivity contribution in [1.29, 1.82) is 0 Å². The van der Waals surface area contributed by atoms with Crippen LogP contribution in [0.25, 0.3) is 89.8 Å². The lowest BCUT2D eigenvalue weighted by molar-refractivity contribution is 1.07. The maximum atomic E-state index is 5.03. The van der Waals surface area contributed by atoms with Gasteiger partial charge in [-0.1, -0.05) is 188 Å². The second-order valence-corrected chi connectivity index (χ2v) is 13.3. The first-order valence-electron chi connectivity index (χ1n) is 18.2. The van der Waals surface area contributed by atoms with Gasteiger partial charge in [0.05, 0.1) is 0 Å². The first kappa shape index (κ1) is 32.7. The van der Waals surface area contributed by atoms with Crippen LogP contribution in [0.5, 0.6) is 0 Å². The standard InChI is InChI=1S/C51H35N3/c1-6-16-36(17-7-1)44-32-45(37-18-8-2-9-19-37)34-46(33-44)38-26-28-40(29-27-38)48-35-43(30-31-47(48)39-20-10-3-11-21-39)51-53-49(41-22-12-4-13-23-41)52-50(54-51)42-24-14-5-15-25-42/h1-35H. The molecule has 0 N–H and O–H groups in total. The molecule has 9 rings (SSSR count). The van der Waals surface area contributed by atoms with Crippen LogP contribution in [0.3, 0.4) is 0 Å². The molecular formula is C51H35N3. The summed E-state index contributed by atoms with van der Waals surface area (Å²) in [5.41, 5.74) is 14.4. The van der Waals surface area contributed by atoms with E-state index >= 15 is 0 Å². The van der Waals surface area contributed by atoms with Crippen molar-refractivity contribution in [3.8, 4) is 89.8 Å². The summed E-state index contributed by atoms with van der Waals surface area (Å²) in [6, 6.07) is 74.3. The molecule has 0 aliphatic carbocycles. The van der Waals surface area contributed by atoms with Crippen LogP contribution in [-0.4, -0.2) is 15.0 Å². The zero-order valence-electron chi connectivity index (χ0n) is 29.5. The summed E-state index contributed by atoms with van der Waals surface area (Å²) in [6.45, 7) is 0. The molecule has 0 radical (unpaired) electrons. The van der Waals surface area contributed by atoms with Gasteiger partial charge in [0.2, 0.25) is 0 Å². The molecule has 1 heterocycles. The second kappa shape index (κ2) is 14.8. The number of nitrogens with zero attached hydrogens (tertiary/aromatic N) is 3. The molecule has 0 aliphatic heterocycles. The number of benzene rings is 8. The van der Waals surface area contributed by atoms with Crippen molar-refractivity contribution in [2.24, 2.45) is 0 Å². The molecule has 0 saturated carbocycles. The molecule has 0 saturated heterocycles. The van der Waals surface area contributed by atoms with E-state index in [2.05, 4.69) is 152 Å². The maximum Gasteiger partial charge on any atom is 0.164 e. The Labute approximate surface area is 316 Å². The predicted molar refractivity (Wildman–Crippen MR) is 223 cm³/mol. The Kier molecular flexibility index (Phi) is 8.94. The van der Waals surface area contributed by atoms with Crippen LogP contribution in [0.15, 0.2) is 212 Å². The molecule has 8 aromatic carbocycles. The number of hydrogen-bond donors (Lipinski definition) is 0. The Hall–Kier alpha value is -7.23. The van der Waals surface area contributed by atoms with Gasteiger partial charge in [-0.3, -0.25) is 0 Å². The summed E-state index contributed by atoms with van der Waals surface area (Å²) < 4.78 is 0. The first-order chi connectivity index (χ1) is 26.7. The molecular weight excluding hydrogens is 655 g/mol. The highest BCUT2D eigenvalue weighted by Gasteiger charge is 2.16. The zero-order chi connectivity index (χ0) is 36.1. The van der Waals surface area contributed by atoms with E-state index in [1.807, 2.05) is 60.7 Å². The molecule has 0 bridgehead atoms. The number of aromatic nitrogens is 3. The van der Waals surface area contributed by atoms with E-state index in [0.29, 0.717) is 17.5 Å². The molecule has 0 spiro atoms. The van der Waals surface area contributed by atoms with Crippen LogP contribution < -0.4 is 0 Å². The third-order valence-corrected chi connectivity index (χ3v) is 9.74. The third kappa shape index (κ3) is 6.87. The Morgan fingerprint density at radius 3 is 0.907 bits per heavy atom. The smallest absolute Gasteiger partial charge is 0.164 e. The molecule has 0 aliphatic rings. The molecule has 0 fully saturated rings. The highest BCUT2D eigenvalue weighted by atomic mass is 15.0. The van der Waals surface area contributed by atoms with E-state index in [4.69, 9.17) is 15.0 Å². The van der Waals surface area contributed by atoms with Crippen molar-refractivity contribution in [2.75, 3.05) is 0 Å². The predicted octanol–water partition coefficient (Wildman–Crippen LogP) is 13.2. The van der Waals surface area contributed by atoms with Gasteiger partial charge in [0, 0.05) is 16.7 Å². The zero-order valence-corrected chi connectivity index (χ0v) is 29.5. The number of hydrogen-bond acceptors (Lipinski definition) is 3. The molecule has 9 aromatic rings. The average molecular weight is 690 g/mol. The summed E-state index contributed by atoms with van der Waals surface area (Å²) in [5.74, 6) is 1.92. The molecule has 3 nitrogen and oxygen atoms in total. The average Bonchev–Trinajstić information content (AvgIpc) is 3.27. The normalized spacial score (nSPS) is 11.0. The minimum atomic E-state index is 0.631. The van der Waals surface area contributed by atoms with Crippen LogP contribution in [0.1, 0.15) is 0 Å². The molecule has 3 heteroatoms. The van der Waals surface area contributed by atoms with E-state index in [1.165, 1.54) is 27.8 Å². The maximum absolute atomic E-state index is 5.03. The first-order valence-corrected chi connectivity index (χ1v) is 18.2. The fourth-order valence-corrected chi connectivity index (χ4v) is 6.96. The Morgan fingerprint density at radius 2 is 0.481 bits per heavy atom. The summed E-state index contributed by atoms with van der Waals surface area (Å²) in [4.78, 5) is 15.0. The van der Waals surface area contributed by atoms with Crippen LogP contribution in [-0.2, 0) is 0 Å². The Balaban J connectivity index is 1.16. The van der Waals surface area contributed by atoms with Gasteiger partial charge in [-0.15, -0.1) is 0 Å². The van der Waals surface area contributed by atoms with Crippen LogP contribution in [0.2, 0.25) is 0 Å². The van der Waals surface area contributed by atoms with Crippen molar-refractivity contribution < 1.29 is 0 Å². The molecule has 0 atom stereocenters. The lowest BCUT2D eigenvalue weighted by Gasteiger charge is -2.15. The van der Waals surface area contributed by atoms with E-state index in [1.54, 1.807) is 0 Å². The Bertz CT molecular complexity index is 2540. The highest BCUT2D eigenvalue weighted by molar-refractivity contribution is 5.88. The van der Waals surface area contributed by atoms with Crippen molar-refractivity contribution in [3.63, 3.8) is 0 Å². The van der Waals surface area contributed by atoms with Gasteiger partial charge >= 0.3 is 0 Å². The van der Waals surface area contributed by atoms with Crippen molar-refractivity contribution in [1.82, 2.24) is 15.0 Å². The minimum absolute atomic E-state index is 0.631. The van der Waals surface area contributed by atoms with E-state index < -0.39 is 0 Å². The summed E-state index contributed by atoms with van der Waals surface area (Å²) in [7, 11) is 0. The van der Waals surface area contributed by atoms with Crippen LogP contribution in [0, 0.1) is 0 Å². The van der Waals surface area contributed by atoms with E-state index in [9.17, 15) is 0 Å². The molecule has 0 amide bonds. The fraction of sp³-hybridized carbons (Fsp3) is 0. The fourth-order valence-electron chi connectivity index (χ4n) is 6.96. The third-order valence-electron chi connectivity index (χ3n) is 9.74. The monoisotopic (exact) mass is 689 g/mol. The second-order valence-electron chi connectivity index (χ2n) is 13.3. The summed E-state index contributed by atoms with van der Waals surface area (Å²) in [5, 5.41) is 0. The van der Waals surface area contributed by atoms with Crippen LogP contribution >= 0.6 is 0 Å². The molecule has 54 heavy (non-hydrogen) atoms. The van der Waals surface area contributed by atoms with Gasteiger partial charge in [-0.25, -0.2) is 15.0 Å². The van der Waals surface area contributed by atoms with Gasteiger partial charge < -0.3 is 0 Å². The van der Waals surface area contributed by atoms with Crippen molar-refractivity contribution in [2.45, 2.75) is 0 Å². The molecule has 0 unspecified atom stereocenters. The van der Waals surface area contributed by atoms with Gasteiger partial charge in [0.15, 0.2) is 17.5 Å². The largest absolute Gasteiger partial charge is 0.208 e. The SMILES string of the molecule is c1ccc(-c2cc(-c3ccccc3)cc(-c3ccc(-c4cc(-c5nc(-c6ccccc6)nc(-c6ccccc6)n5)ccc4-c4ccccc4)cc3)c2)cc1. The van der Waals surface area contributed by atoms with E-state index in [-0.39, 0.29) is 0 Å².